The molecule has 2 saturated heterocycles. The topological polar surface area (TPSA) is 43.9 Å². The summed E-state index contributed by atoms with van der Waals surface area (Å²) in [5, 5.41) is 0. The van der Waals surface area contributed by atoms with Gasteiger partial charge in [-0.15, -0.1) is 0 Å². The number of carbonyl (C=O) groups excluding carboxylic acids is 2. The molecule has 0 N–H and O–H groups in total. The van der Waals surface area contributed by atoms with Crippen LogP contribution in [0.5, 0.6) is 0 Å². The molecule has 0 aromatic carbocycles. The van der Waals surface area contributed by atoms with Crippen molar-refractivity contribution in [2.45, 2.75) is 32.1 Å². The van der Waals surface area contributed by atoms with E-state index >= 15 is 0 Å². The van der Waals surface area contributed by atoms with Gasteiger partial charge in [-0.25, -0.2) is 0 Å². The molecule has 0 atom stereocenters. The molecule has 1 aliphatic carbocycles. The summed E-state index contributed by atoms with van der Waals surface area (Å²) in [7, 11) is 2.12. The van der Waals surface area contributed by atoms with Crippen LogP contribution in [-0.2, 0) is 9.59 Å². The van der Waals surface area contributed by atoms with Crippen molar-refractivity contribution in [2.24, 2.45) is 11.8 Å². The minimum atomic E-state index is 0.136. The summed E-state index contributed by atoms with van der Waals surface area (Å²) in [6.07, 6.45) is 4.91. The lowest BCUT2D eigenvalue weighted by Crippen LogP contribution is -2.45. The molecule has 118 valence electrons. The van der Waals surface area contributed by atoms with E-state index in [-0.39, 0.29) is 5.92 Å². The van der Waals surface area contributed by atoms with E-state index in [4.69, 9.17) is 0 Å². The van der Waals surface area contributed by atoms with Crippen molar-refractivity contribution < 1.29 is 9.59 Å². The highest BCUT2D eigenvalue weighted by molar-refractivity contribution is 5.82. The van der Waals surface area contributed by atoms with Crippen LogP contribution in [-0.4, -0.2) is 72.8 Å². The minimum absolute atomic E-state index is 0.136. The molecular formula is C16H27N3O2. The van der Waals surface area contributed by atoms with E-state index in [1.807, 2.05) is 9.80 Å². The molecule has 2 amide bonds. The van der Waals surface area contributed by atoms with Gasteiger partial charge in [-0.1, -0.05) is 0 Å². The van der Waals surface area contributed by atoms with Crippen LogP contribution >= 0.6 is 0 Å². The number of rotatable bonds is 2. The second kappa shape index (κ2) is 6.34. The molecule has 0 unspecified atom stereocenters. The monoisotopic (exact) mass is 293 g/mol. The largest absolute Gasteiger partial charge is 0.342 e. The lowest BCUT2D eigenvalue weighted by molar-refractivity contribution is -0.141. The van der Waals surface area contributed by atoms with Crippen LogP contribution in [0.15, 0.2) is 0 Å². The smallest absolute Gasteiger partial charge is 0.225 e. The molecule has 0 aromatic heterocycles. The molecule has 3 rings (SSSR count). The zero-order valence-corrected chi connectivity index (χ0v) is 13.1. The Labute approximate surface area is 127 Å². The highest BCUT2D eigenvalue weighted by atomic mass is 16.2. The molecule has 2 aliphatic heterocycles. The molecular weight excluding hydrogens is 266 g/mol. The standard InChI is InChI=1S/C16H27N3O2/c1-17-7-2-8-18(12-11-17)16(21)14-5-9-19(10-6-14)15(20)13-3-4-13/h13-14H,2-12H2,1H3. The Kier molecular flexibility index (Phi) is 4.48. The molecule has 5 nitrogen and oxygen atoms in total. The predicted molar refractivity (Wildman–Crippen MR) is 80.7 cm³/mol. The van der Waals surface area contributed by atoms with Crippen molar-refractivity contribution >= 4 is 11.8 Å². The Morgan fingerprint density at radius 2 is 1.29 bits per heavy atom. The maximum absolute atomic E-state index is 12.6. The average molecular weight is 293 g/mol. The van der Waals surface area contributed by atoms with Gasteiger partial charge < -0.3 is 14.7 Å². The van der Waals surface area contributed by atoms with Crippen molar-refractivity contribution in [1.82, 2.24) is 14.7 Å². The summed E-state index contributed by atoms with van der Waals surface area (Å²) >= 11 is 0. The lowest BCUT2D eigenvalue weighted by Gasteiger charge is -2.34. The summed E-state index contributed by atoms with van der Waals surface area (Å²) in [5.41, 5.74) is 0. The number of hydrogen-bond acceptors (Lipinski definition) is 3. The molecule has 0 radical (unpaired) electrons. The summed E-state index contributed by atoms with van der Waals surface area (Å²) in [6.45, 7) is 5.36. The minimum Gasteiger partial charge on any atom is -0.342 e. The highest BCUT2D eigenvalue weighted by Crippen LogP contribution is 2.32. The quantitative estimate of drug-likeness (QED) is 0.756. The normalized spacial score (nSPS) is 25.8. The maximum Gasteiger partial charge on any atom is 0.225 e. The highest BCUT2D eigenvalue weighted by Gasteiger charge is 2.36. The van der Waals surface area contributed by atoms with Gasteiger partial charge in [-0.2, -0.15) is 0 Å². The molecule has 21 heavy (non-hydrogen) atoms. The van der Waals surface area contributed by atoms with Gasteiger partial charge in [-0.05, 0) is 45.7 Å². The number of amides is 2. The third-order valence-corrected chi connectivity index (χ3v) is 5.11. The van der Waals surface area contributed by atoms with Crippen LogP contribution in [0.2, 0.25) is 0 Å². The van der Waals surface area contributed by atoms with Gasteiger partial charge in [-0.3, -0.25) is 9.59 Å². The zero-order chi connectivity index (χ0) is 14.8. The fraction of sp³-hybridized carbons (Fsp3) is 0.875. The van der Waals surface area contributed by atoms with E-state index in [2.05, 4.69) is 11.9 Å². The number of hydrogen-bond donors (Lipinski definition) is 0. The zero-order valence-electron chi connectivity index (χ0n) is 13.1. The number of carbonyl (C=O) groups is 2. The van der Waals surface area contributed by atoms with Gasteiger partial charge in [0.25, 0.3) is 0 Å². The fourth-order valence-corrected chi connectivity index (χ4v) is 3.46. The van der Waals surface area contributed by atoms with Crippen molar-refractivity contribution in [2.75, 3.05) is 46.3 Å². The second-order valence-corrected chi connectivity index (χ2v) is 6.86. The maximum atomic E-state index is 12.6. The Bertz CT molecular complexity index is 400. The predicted octanol–water partition coefficient (Wildman–Crippen LogP) is 0.799. The van der Waals surface area contributed by atoms with Gasteiger partial charge in [0.15, 0.2) is 0 Å². The molecule has 0 spiro atoms. The number of piperidine rings is 1. The molecule has 2 heterocycles. The molecule has 3 fully saturated rings. The summed E-state index contributed by atoms with van der Waals surface area (Å²) in [5.74, 6) is 1.09. The number of likely N-dealkylation sites (N-methyl/N-ethyl adjacent to an activating group) is 1. The SMILES string of the molecule is CN1CCCN(C(=O)C2CCN(C(=O)C3CC3)CC2)CC1. The Hall–Kier alpha value is -1.10. The van der Waals surface area contributed by atoms with Crippen LogP contribution in [0.25, 0.3) is 0 Å². The van der Waals surface area contributed by atoms with Crippen molar-refractivity contribution in [3.8, 4) is 0 Å². The Balaban J connectivity index is 1.49. The van der Waals surface area contributed by atoms with E-state index in [9.17, 15) is 9.59 Å². The first-order valence-corrected chi connectivity index (χ1v) is 8.41. The van der Waals surface area contributed by atoms with Crippen LogP contribution in [0.1, 0.15) is 32.1 Å². The fourth-order valence-electron chi connectivity index (χ4n) is 3.46. The van der Waals surface area contributed by atoms with Gasteiger partial charge in [0.05, 0.1) is 0 Å². The Morgan fingerprint density at radius 1 is 0.714 bits per heavy atom. The van der Waals surface area contributed by atoms with Crippen molar-refractivity contribution in [3.05, 3.63) is 0 Å². The van der Waals surface area contributed by atoms with Crippen LogP contribution in [0.4, 0.5) is 0 Å². The van der Waals surface area contributed by atoms with E-state index in [1.165, 1.54) is 0 Å². The molecule has 0 aromatic rings. The van der Waals surface area contributed by atoms with Crippen LogP contribution in [0, 0.1) is 11.8 Å². The van der Waals surface area contributed by atoms with Gasteiger partial charge in [0.1, 0.15) is 0 Å². The number of nitrogens with zero attached hydrogens (tertiary/aromatic N) is 3. The van der Waals surface area contributed by atoms with Crippen molar-refractivity contribution in [1.29, 1.82) is 0 Å². The first-order chi connectivity index (χ1) is 10.1. The summed E-state index contributed by atoms with van der Waals surface area (Å²) < 4.78 is 0. The third kappa shape index (κ3) is 3.57. The van der Waals surface area contributed by atoms with Gasteiger partial charge in [0, 0.05) is 44.6 Å². The summed E-state index contributed by atoms with van der Waals surface area (Å²) in [4.78, 5) is 31.0. The van der Waals surface area contributed by atoms with Gasteiger partial charge >= 0.3 is 0 Å². The average Bonchev–Trinajstić information content (AvgIpc) is 3.34. The second-order valence-electron chi connectivity index (χ2n) is 6.86. The molecule has 3 aliphatic rings. The molecule has 0 bridgehead atoms. The van der Waals surface area contributed by atoms with E-state index in [1.54, 1.807) is 0 Å². The first kappa shape index (κ1) is 14.8. The Morgan fingerprint density at radius 3 is 1.90 bits per heavy atom. The van der Waals surface area contributed by atoms with Crippen molar-refractivity contribution in [3.63, 3.8) is 0 Å². The van der Waals surface area contributed by atoms with E-state index < -0.39 is 0 Å². The number of likely N-dealkylation sites (tertiary alicyclic amines) is 1. The van der Waals surface area contributed by atoms with Crippen LogP contribution < -0.4 is 0 Å². The third-order valence-electron chi connectivity index (χ3n) is 5.11. The molecule has 5 heteroatoms. The lowest BCUT2D eigenvalue weighted by atomic mass is 9.95. The first-order valence-electron chi connectivity index (χ1n) is 8.41. The summed E-state index contributed by atoms with van der Waals surface area (Å²) in [6, 6.07) is 0. The van der Waals surface area contributed by atoms with Crippen LogP contribution in [0.3, 0.4) is 0 Å². The molecule has 1 saturated carbocycles. The van der Waals surface area contributed by atoms with E-state index in [0.717, 1.165) is 71.4 Å². The van der Waals surface area contributed by atoms with E-state index in [0.29, 0.717) is 17.7 Å². The van der Waals surface area contributed by atoms with Gasteiger partial charge in [0.2, 0.25) is 11.8 Å².